The zero-order valence-electron chi connectivity index (χ0n) is 15.2. The zero-order chi connectivity index (χ0) is 19.3. The van der Waals surface area contributed by atoms with E-state index in [9.17, 15) is 24.9 Å². The molecule has 26 heavy (non-hydrogen) atoms. The molecule has 3 saturated carbocycles. The molecule has 142 valence electrons. The lowest BCUT2D eigenvalue weighted by Crippen LogP contribution is -2.68. The number of aliphatic hydroxyl groups is 3. The van der Waals surface area contributed by atoms with Crippen LogP contribution in [0.15, 0.2) is 23.8 Å². The molecule has 8 atom stereocenters. The summed E-state index contributed by atoms with van der Waals surface area (Å²) in [6.07, 6.45) is 1.55. The van der Waals surface area contributed by atoms with E-state index in [2.05, 4.69) is 0 Å². The first-order chi connectivity index (χ1) is 11.9. The fraction of sp³-hybridized carbons (Fsp3) is 0.700. The molecule has 0 saturated heterocycles. The van der Waals surface area contributed by atoms with Gasteiger partial charge in [-0.15, -0.1) is 0 Å². The maximum atomic E-state index is 16.7. The summed E-state index contributed by atoms with van der Waals surface area (Å²) in [6, 6.07) is 0. The minimum Gasteiger partial charge on any atom is -0.390 e. The number of fused-ring (bicyclic) bond motifs is 5. The van der Waals surface area contributed by atoms with Gasteiger partial charge in [0.2, 0.25) is 0 Å². The number of allylic oxidation sites excluding steroid dienone is 3. The van der Waals surface area contributed by atoms with Gasteiger partial charge in [-0.3, -0.25) is 9.59 Å². The first-order valence-corrected chi connectivity index (χ1v) is 9.15. The maximum Gasteiger partial charge on any atom is 0.178 e. The molecule has 4 aliphatic rings. The van der Waals surface area contributed by atoms with E-state index in [1.807, 2.05) is 0 Å². The van der Waals surface area contributed by atoms with Crippen LogP contribution >= 0.6 is 0 Å². The summed E-state index contributed by atoms with van der Waals surface area (Å²) in [5.41, 5.74) is -5.77. The predicted octanol–water partition coefficient (Wildman–Crippen LogP) is 1.26. The smallest absolute Gasteiger partial charge is 0.178 e. The van der Waals surface area contributed by atoms with Crippen LogP contribution in [0.2, 0.25) is 0 Å². The molecule has 0 aromatic carbocycles. The van der Waals surface area contributed by atoms with Gasteiger partial charge in [0.15, 0.2) is 17.2 Å². The highest BCUT2D eigenvalue weighted by Crippen LogP contribution is 2.67. The van der Waals surface area contributed by atoms with Crippen molar-refractivity contribution in [3.05, 3.63) is 23.8 Å². The SMILES string of the molecule is CC1(O)CC2C3CC(O)C4=CC(=O)C=CC4(C)C3(F)C(O)CC2(C)C1=O. The Kier molecular flexibility index (Phi) is 3.40. The minimum atomic E-state index is -2.12. The van der Waals surface area contributed by atoms with E-state index in [1.54, 1.807) is 13.8 Å². The summed E-state index contributed by atoms with van der Waals surface area (Å²) in [4.78, 5) is 24.6. The molecule has 5 nitrogen and oxygen atoms in total. The summed E-state index contributed by atoms with van der Waals surface area (Å²) in [5, 5.41) is 32.1. The second kappa shape index (κ2) is 4.91. The third-order valence-corrected chi connectivity index (χ3v) is 7.68. The van der Waals surface area contributed by atoms with Crippen molar-refractivity contribution in [2.24, 2.45) is 22.7 Å². The average molecular weight is 364 g/mol. The normalized spacial score (nSPS) is 55.9. The highest BCUT2D eigenvalue weighted by molar-refractivity contribution is 6.01. The molecule has 0 spiro atoms. The van der Waals surface area contributed by atoms with Crippen LogP contribution in [0, 0.1) is 22.7 Å². The summed E-state index contributed by atoms with van der Waals surface area (Å²) in [5.74, 6) is -1.97. The molecule has 4 aliphatic carbocycles. The van der Waals surface area contributed by atoms with E-state index in [4.69, 9.17) is 0 Å². The van der Waals surface area contributed by atoms with Gasteiger partial charge >= 0.3 is 0 Å². The number of hydrogen-bond acceptors (Lipinski definition) is 5. The Bertz CT molecular complexity index is 770. The Balaban J connectivity index is 1.89. The van der Waals surface area contributed by atoms with Crippen LogP contribution in [0.25, 0.3) is 0 Å². The number of alkyl halides is 1. The number of ketones is 2. The minimum absolute atomic E-state index is 0.0136. The number of Topliss-reactive ketones (excluding diaryl/α,β-unsaturated/α-hetero) is 1. The molecule has 0 aromatic rings. The largest absolute Gasteiger partial charge is 0.390 e. The summed E-state index contributed by atoms with van der Waals surface area (Å²) < 4.78 is 16.7. The lowest BCUT2D eigenvalue weighted by atomic mass is 9.45. The zero-order valence-corrected chi connectivity index (χ0v) is 15.2. The highest BCUT2D eigenvalue weighted by Gasteiger charge is 2.74. The quantitative estimate of drug-likeness (QED) is 0.602. The van der Waals surface area contributed by atoms with Gasteiger partial charge in [-0.2, -0.15) is 0 Å². The van der Waals surface area contributed by atoms with E-state index in [-0.39, 0.29) is 36.4 Å². The Morgan fingerprint density at radius 2 is 1.77 bits per heavy atom. The molecule has 0 heterocycles. The Morgan fingerprint density at radius 1 is 1.12 bits per heavy atom. The van der Waals surface area contributed by atoms with Gasteiger partial charge in [0.05, 0.1) is 12.2 Å². The highest BCUT2D eigenvalue weighted by atomic mass is 19.1. The van der Waals surface area contributed by atoms with E-state index in [1.165, 1.54) is 25.2 Å². The van der Waals surface area contributed by atoms with Gasteiger partial charge in [0, 0.05) is 16.7 Å². The van der Waals surface area contributed by atoms with Gasteiger partial charge in [-0.25, -0.2) is 4.39 Å². The number of aliphatic hydroxyl groups excluding tert-OH is 2. The molecule has 6 heteroatoms. The van der Waals surface area contributed by atoms with Crippen LogP contribution in [0.3, 0.4) is 0 Å². The first kappa shape index (κ1) is 18.0. The van der Waals surface area contributed by atoms with Crippen molar-refractivity contribution >= 4 is 11.6 Å². The number of hydrogen-bond donors (Lipinski definition) is 3. The van der Waals surface area contributed by atoms with Crippen molar-refractivity contribution in [1.29, 1.82) is 0 Å². The molecule has 3 fully saturated rings. The maximum absolute atomic E-state index is 16.7. The summed E-state index contributed by atoms with van der Waals surface area (Å²) in [6.45, 7) is 4.72. The molecule has 0 aromatic heterocycles. The van der Waals surface area contributed by atoms with Crippen molar-refractivity contribution in [2.75, 3.05) is 0 Å². The van der Waals surface area contributed by atoms with Crippen molar-refractivity contribution in [1.82, 2.24) is 0 Å². The van der Waals surface area contributed by atoms with Crippen molar-refractivity contribution in [3.63, 3.8) is 0 Å². The Morgan fingerprint density at radius 3 is 2.42 bits per heavy atom. The van der Waals surface area contributed by atoms with Crippen LogP contribution < -0.4 is 0 Å². The van der Waals surface area contributed by atoms with Gasteiger partial charge in [-0.05, 0) is 56.8 Å². The third-order valence-electron chi connectivity index (χ3n) is 7.68. The topological polar surface area (TPSA) is 94.8 Å². The van der Waals surface area contributed by atoms with Gasteiger partial charge in [-0.1, -0.05) is 13.0 Å². The molecule has 0 bridgehead atoms. The van der Waals surface area contributed by atoms with Crippen LogP contribution in [0.1, 0.15) is 40.0 Å². The van der Waals surface area contributed by atoms with Crippen molar-refractivity contribution < 1.29 is 29.3 Å². The lowest BCUT2D eigenvalue weighted by Gasteiger charge is -2.61. The second-order valence-electron chi connectivity index (χ2n) is 9.21. The van der Waals surface area contributed by atoms with E-state index in [0.29, 0.717) is 0 Å². The van der Waals surface area contributed by atoms with Gasteiger partial charge in [0.1, 0.15) is 5.60 Å². The molecule has 4 rings (SSSR count). The lowest BCUT2D eigenvalue weighted by molar-refractivity contribution is -0.200. The number of halogens is 1. The number of carbonyl (C=O) groups excluding carboxylic acids is 2. The number of rotatable bonds is 0. The summed E-state index contributed by atoms with van der Waals surface area (Å²) >= 11 is 0. The Hall–Kier alpha value is -1.37. The second-order valence-corrected chi connectivity index (χ2v) is 9.21. The molecule has 3 N–H and O–H groups in total. The number of carbonyl (C=O) groups is 2. The van der Waals surface area contributed by atoms with E-state index in [0.717, 1.165) is 0 Å². The fourth-order valence-corrected chi connectivity index (χ4v) is 6.37. The fourth-order valence-electron chi connectivity index (χ4n) is 6.37. The van der Waals surface area contributed by atoms with E-state index < -0.39 is 46.1 Å². The monoisotopic (exact) mass is 364 g/mol. The average Bonchev–Trinajstić information content (AvgIpc) is 2.73. The molecule has 8 unspecified atom stereocenters. The van der Waals surface area contributed by atoms with E-state index >= 15 is 4.39 Å². The van der Waals surface area contributed by atoms with Gasteiger partial charge in [0.25, 0.3) is 0 Å². The molecular weight excluding hydrogens is 339 g/mol. The van der Waals surface area contributed by atoms with Crippen LogP contribution in [-0.2, 0) is 9.59 Å². The van der Waals surface area contributed by atoms with Crippen LogP contribution in [-0.4, -0.2) is 50.4 Å². The Labute approximate surface area is 151 Å². The molecule has 0 aliphatic heterocycles. The van der Waals surface area contributed by atoms with Crippen molar-refractivity contribution in [3.8, 4) is 0 Å². The summed E-state index contributed by atoms with van der Waals surface area (Å²) in [7, 11) is 0. The predicted molar refractivity (Wildman–Crippen MR) is 90.8 cm³/mol. The van der Waals surface area contributed by atoms with Gasteiger partial charge < -0.3 is 15.3 Å². The molecule has 0 radical (unpaired) electrons. The van der Waals surface area contributed by atoms with Crippen LogP contribution in [0.4, 0.5) is 4.39 Å². The first-order valence-electron chi connectivity index (χ1n) is 9.15. The van der Waals surface area contributed by atoms with Crippen LogP contribution in [0.5, 0.6) is 0 Å². The molecule has 0 amide bonds. The standard InChI is InChI=1S/C20H25FO5/c1-17-9-15(24)20(21)11(13(17)8-19(3,26)16(17)25)7-14(23)12-6-10(22)4-5-18(12,20)2/h4-6,11,13-15,23-24,26H,7-9H2,1-3H3. The third kappa shape index (κ3) is 1.85. The van der Waals surface area contributed by atoms with Crippen molar-refractivity contribution in [2.45, 2.75) is 63.5 Å². The molecular formula is C20H25FO5.